The van der Waals surface area contributed by atoms with Crippen LogP contribution in [0.2, 0.25) is 0 Å². The van der Waals surface area contributed by atoms with Crippen molar-refractivity contribution in [3.63, 3.8) is 0 Å². The van der Waals surface area contributed by atoms with Crippen LogP contribution >= 0.6 is 0 Å². The van der Waals surface area contributed by atoms with Crippen LogP contribution in [0.5, 0.6) is 0 Å². The van der Waals surface area contributed by atoms with Gasteiger partial charge in [-0.3, -0.25) is 0 Å². The first-order chi connectivity index (χ1) is 9.93. The van der Waals surface area contributed by atoms with Crippen LogP contribution in [0.25, 0.3) is 0 Å². The molecule has 1 aromatic rings. The lowest BCUT2D eigenvalue weighted by molar-refractivity contribution is 0.566. The number of hydrogen-bond donors (Lipinski definition) is 1. The molecule has 0 bridgehead atoms. The van der Waals surface area contributed by atoms with E-state index in [1.807, 2.05) is 6.92 Å². The van der Waals surface area contributed by atoms with Crippen LogP contribution in [-0.4, -0.2) is 39.1 Å². The Bertz CT molecular complexity index is 589. The predicted molar refractivity (Wildman–Crippen MR) is 83.9 cm³/mol. The van der Waals surface area contributed by atoms with E-state index in [9.17, 15) is 12.8 Å². The zero-order valence-corrected chi connectivity index (χ0v) is 13.4. The molecule has 1 aromatic carbocycles. The summed E-state index contributed by atoms with van der Waals surface area (Å²) in [6.45, 7) is 5.92. The molecule has 1 heterocycles. The Morgan fingerprint density at radius 2 is 2.19 bits per heavy atom. The number of hydrogen-bond acceptors (Lipinski definition) is 4. The summed E-state index contributed by atoms with van der Waals surface area (Å²) in [5, 5.41) is 3.28. The minimum Gasteiger partial charge on any atom is -0.367 e. The summed E-state index contributed by atoms with van der Waals surface area (Å²) in [6, 6.07) is 4.65. The molecule has 1 aliphatic heterocycles. The van der Waals surface area contributed by atoms with E-state index < -0.39 is 9.84 Å². The molecule has 1 N–H and O–H groups in total. The minimum absolute atomic E-state index is 0.0841. The topological polar surface area (TPSA) is 49.4 Å². The lowest BCUT2D eigenvalue weighted by Gasteiger charge is -2.36. The van der Waals surface area contributed by atoms with Gasteiger partial charge >= 0.3 is 0 Å². The summed E-state index contributed by atoms with van der Waals surface area (Å²) in [4.78, 5) is 2.07. The highest BCUT2D eigenvalue weighted by molar-refractivity contribution is 7.91. The highest BCUT2D eigenvalue weighted by Crippen LogP contribution is 2.26. The summed E-state index contributed by atoms with van der Waals surface area (Å²) in [6.07, 6.45) is 1.02. The monoisotopic (exact) mass is 314 g/mol. The molecule has 1 saturated heterocycles. The quantitative estimate of drug-likeness (QED) is 0.844. The fourth-order valence-corrected chi connectivity index (χ4v) is 4.29. The van der Waals surface area contributed by atoms with Crippen molar-refractivity contribution < 1.29 is 12.8 Å². The summed E-state index contributed by atoms with van der Waals surface area (Å²) in [5.41, 5.74) is 1.82. The third kappa shape index (κ3) is 4.17. The Labute approximate surface area is 126 Å². The largest absolute Gasteiger partial charge is 0.367 e. The van der Waals surface area contributed by atoms with Gasteiger partial charge < -0.3 is 10.2 Å². The molecule has 0 saturated carbocycles. The van der Waals surface area contributed by atoms with Gasteiger partial charge in [0.25, 0.3) is 0 Å². The van der Waals surface area contributed by atoms with Gasteiger partial charge in [0.1, 0.15) is 5.82 Å². The molecule has 0 aliphatic carbocycles. The van der Waals surface area contributed by atoms with Crippen molar-refractivity contribution in [1.29, 1.82) is 0 Å². The van der Waals surface area contributed by atoms with Crippen LogP contribution in [-0.2, 0) is 16.4 Å². The van der Waals surface area contributed by atoms with Crippen molar-refractivity contribution >= 4 is 15.5 Å². The molecule has 1 atom stereocenters. The Hall–Kier alpha value is -1.14. The van der Waals surface area contributed by atoms with E-state index in [2.05, 4.69) is 17.1 Å². The average molecular weight is 314 g/mol. The number of anilines is 1. The molecule has 1 unspecified atom stereocenters. The zero-order valence-electron chi connectivity index (χ0n) is 12.6. The first-order valence-corrected chi connectivity index (χ1v) is 9.21. The van der Waals surface area contributed by atoms with Crippen molar-refractivity contribution in [2.24, 2.45) is 0 Å². The van der Waals surface area contributed by atoms with E-state index >= 15 is 0 Å². The molecule has 6 heteroatoms. The Morgan fingerprint density at radius 1 is 1.43 bits per heavy atom. The molecular weight excluding hydrogens is 291 g/mol. The maximum absolute atomic E-state index is 13.5. The highest BCUT2D eigenvalue weighted by Gasteiger charge is 2.29. The third-order valence-corrected chi connectivity index (χ3v) is 5.56. The van der Waals surface area contributed by atoms with Crippen LogP contribution in [0.1, 0.15) is 25.8 Å². The van der Waals surface area contributed by atoms with E-state index in [-0.39, 0.29) is 23.4 Å². The van der Waals surface area contributed by atoms with Gasteiger partial charge in [-0.25, -0.2) is 12.8 Å². The summed E-state index contributed by atoms with van der Waals surface area (Å²) < 4.78 is 36.9. The van der Waals surface area contributed by atoms with E-state index in [0.717, 1.165) is 24.2 Å². The number of nitrogens with one attached hydrogen (secondary N) is 1. The fraction of sp³-hybridized carbons (Fsp3) is 0.600. The van der Waals surface area contributed by atoms with Crippen molar-refractivity contribution in [3.8, 4) is 0 Å². The number of benzene rings is 1. The number of sulfone groups is 1. The van der Waals surface area contributed by atoms with Gasteiger partial charge in [-0.15, -0.1) is 0 Å². The Kier molecular flexibility index (Phi) is 5.22. The second-order valence-electron chi connectivity index (χ2n) is 5.61. The van der Waals surface area contributed by atoms with Gasteiger partial charge in [0, 0.05) is 24.8 Å². The van der Waals surface area contributed by atoms with Gasteiger partial charge in [0.2, 0.25) is 0 Å². The van der Waals surface area contributed by atoms with Gasteiger partial charge in [-0.1, -0.05) is 6.92 Å². The van der Waals surface area contributed by atoms with Crippen LogP contribution in [0.3, 0.4) is 0 Å². The molecule has 118 valence electrons. The second kappa shape index (κ2) is 6.75. The standard InChI is InChI=1S/C15H23FN2O2S/c1-3-6-17-10-13-9-14(16)4-5-15(13)18-7-8-21(19,20)11-12(18)2/h4-5,9,12,17H,3,6-8,10-11H2,1-2H3. The van der Waals surface area contributed by atoms with Crippen molar-refractivity contribution in [2.45, 2.75) is 32.9 Å². The first-order valence-electron chi connectivity index (χ1n) is 7.39. The molecule has 4 nitrogen and oxygen atoms in total. The van der Waals surface area contributed by atoms with Gasteiger partial charge in [-0.2, -0.15) is 0 Å². The first kappa shape index (κ1) is 16.2. The molecule has 0 amide bonds. The Morgan fingerprint density at radius 3 is 2.86 bits per heavy atom. The SMILES string of the molecule is CCCNCc1cc(F)ccc1N1CCS(=O)(=O)CC1C. The summed E-state index contributed by atoms with van der Waals surface area (Å²) in [5.74, 6) is 0.0623. The predicted octanol–water partition coefficient (Wildman–Crippen LogP) is 1.95. The molecule has 0 spiro atoms. The molecule has 1 fully saturated rings. The van der Waals surface area contributed by atoms with Gasteiger partial charge in [0.15, 0.2) is 9.84 Å². The Balaban J connectivity index is 2.22. The fourth-order valence-electron chi connectivity index (χ4n) is 2.73. The lowest BCUT2D eigenvalue weighted by Crippen LogP contribution is -2.47. The number of rotatable bonds is 5. The van der Waals surface area contributed by atoms with Crippen molar-refractivity contribution in [3.05, 3.63) is 29.6 Å². The van der Waals surface area contributed by atoms with Gasteiger partial charge in [-0.05, 0) is 43.7 Å². The van der Waals surface area contributed by atoms with E-state index in [1.165, 1.54) is 12.1 Å². The zero-order chi connectivity index (χ0) is 15.5. The maximum Gasteiger partial charge on any atom is 0.154 e. The third-order valence-electron chi connectivity index (χ3n) is 3.76. The number of nitrogens with zero attached hydrogens (tertiary/aromatic N) is 1. The van der Waals surface area contributed by atoms with Crippen molar-refractivity contribution in [1.82, 2.24) is 5.32 Å². The van der Waals surface area contributed by atoms with Crippen LogP contribution in [0.4, 0.5) is 10.1 Å². The van der Waals surface area contributed by atoms with E-state index in [1.54, 1.807) is 6.07 Å². The second-order valence-corrected chi connectivity index (χ2v) is 7.84. The van der Waals surface area contributed by atoms with Crippen LogP contribution in [0, 0.1) is 5.82 Å². The molecule has 0 radical (unpaired) electrons. The number of halogens is 1. The average Bonchev–Trinajstić information content (AvgIpc) is 2.39. The summed E-state index contributed by atoms with van der Waals surface area (Å²) >= 11 is 0. The minimum atomic E-state index is -2.95. The van der Waals surface area contributed by atoms with E-state index in [4.69, 9.17) is 0 Å². The molecular formula is C15H23FN2O2S. The smallest absolute Gasteiger partial charge is 0.154 e. The van der Waals surface area contributed by atoms with Gasteiger partial charge in [0.05, 0.1) is 11.5 Å². The lowest BCUT2D eigenvalue weighted by atomic mass is 10.1. The summed E-state index contributed by atoms with van der Waals surface area (Å²) in [7, 11) is -2.95. The molecule has 2 rings (SSSR count). The molecule has 1 aliphatic rings. The maximum atomic E-state index is 13.5. The highest BCUT2D eigenvalue weighted by atomic mass is 32.2. The molecule has 0 aromatic heterocycles. The van der Waals surface area contributed by atoms with E-state index in [0.29, 0.717) is 13.1 Å². The van der Waals surface area contributed by atoms with Crippen LogP contribution in [0.15, 0.2) is 18.2 Å². The van der Waals surface area contributed by atoms with Crippen molar-refractivity contribution in [2.75, 3.05) is 29.5 Å². The van der Waals surface area contributed by atoms with Crippen LogP contribution < -0.4 is 10.2 Å². The normalized spacial score (nSPS) is 21.5. The molecule has 21 heavy (non-hydrogen) atoms.